The van der Waals surface area contributed by atoms with Crippen molar-refractivity contribution in [1.29, 1.82) is 0 Å². The fourth-order valence-electron chi connectivity index (χ4n) is 3.82. The second-order valence-electron chi connectivity index (χ2n) is 8.21. The quantitative estimate of drug-likeness (QED) is 0.318. The van der Waals surface area contributed by atoms with Gasteiger partial charge in [0.05, 0.1) is 48.0 Å². The maximum Gasteiger partial charge on any atom is 0.237 e. The van der Waals surface area contributed by atoms with Crippen LogP contribution in [0.4, 0.5) is 0 Å². The van der Waals surface area contributed by atoms with Gasteiger partial charge in [-0.25, -0.2) is 9.97 Å². The van der Waals surface area contributed by atoms with E-state index < -0.39 is 0 Å². The van der Waals surface area contributed by atoms with Crippen molar-refractivity contribution < 1.29 is 9.47 Å². The third-order valence-corrected chi connectivity index (χ3v) is 6.44. The van der Waals surface area contributed by atoms with E-state index in [4.69, 9.17) is 44.1 Å². The zero-order valence-electron chi connectivity index (χ0n) is 20.3. The molecule has 2 heterocycles. The van der Waals surface area contributed by atoms with E-state index >= 15 is 0 Å². The van der Waals surface area contributed by atoms with Crippen LogP contribution in [0.15, 0.2) is 48.8 Å². The molecule has 0 unspecified atom stereocenters. The monoisotopic (exact) mass is 524 g/mol. The van der Waals surface area contributed by atoms with Gasteiger partial charge in [-0.05, 0) is 13.8 Å². The Kier molecular flexibility index (Phi) is 7.70. The van der Waals surface area contributed by atoms with E-state index in [0.717, 1.165) is 11.1 Å². The molecular weight excluding hydrogens is 499 g/mol. The van der Waals surface area contributed by atoms with E-state index in [1.165, 1.54) is 14.2 Å². The first-order valence-electron chi connectivity index (χ1n) is 11.2. The van der Waals surface area contributed by atoms with Crippen LogP contribution in [-0.4, -0.2) is 34.2 Å². The molecule has 0 fully saturated rings. The summed E-state index contributed by atoms with van der Waals surface area (Å²) in [6.45, 7) is 3.64. The minimum Gasteiger partial charge on any atom is -0.480 e. The van der Waals surface area contributed by atoms with Crippen molar-refractivity contribution >= 4 is 23.2 Å². The molecule has 2 aromatic heterocycles. The van der Waals surface area contributed by atoms with Crippen LogP contribution in [0.5, 0.6) is 11.8 Å². The molecule has 0 amide bonds. The van der Waals surface area contributed by atoms with Crippen LogP contribution in [0, 0.1) is 0 Å². The Balaban J connectivity index is 1.81. The molecular formula is C26H26Cl2N6O2. The first-order valence-corrected chi connectivity index (χ1v) is 11.9. The maximum atomic E-state index is 6.90. The number of hydrogen-bond donors (Lipinski definition) is 2. The molecule has 36 heavy (non-hydrogen) atoms. The Hall–Kier alpha value is -3.30. The van der Waals surface area contributed by atoms with E-state index in [-0.39, 0.29) is 12.1 Å². The highest BCUT2D eigenvalue weighted by Crippen LogP contribution is 2.42. The molecule has 0 saturated carbocycles. The smallest absolute Gasteiger partial charge is 0.237 e. The number of hydrogen-bond acceptors (Lipinski definition) is 8. The summed E-state index contributed by atoms with van der Waals surface area (Å²) in [7, 11) is 3.06. The van der Waals surface area contributed by atoms with Crippen molar-refractivity contribution in [3.63, 3.8) is 0 Å². The van der Waals surface area contributed by atoms with Gasteiger partial charge in [0.1, 0.15) is 11.4 Å². The summed E-state index contributed by atoms with van der Waals surface area (Å²) in [4.78, 5) is 18.1. The highest BCUT2D eigenvalue weighted by molar-refractivity contribution is 6.39. The molecule has 0 spiro atoms. The number of halogens is 2. The number of nitrogens with zero attached hydrogens (tertiary/aromatic N) is 4. The minimum absolute atomic E-state index is 0.325. The number of ether oxygens (including phenoxy) is 2. The van der Waals surface area contributed by atoms with Crippen LogP contribution in [0.2, 0.25) is 10.0 Å². The number of methoxy groups -OCH3 is 2. The average Bonchev–Trinajstić information content (AvgIpc) is 2.88. The van der Waals surface area contributed by atoms with Crippen LogP contribution < -0.4 is 20.9 Å². The lowest BCUT2D eigenvalue weighted by Crippen LogP contribution is -2.11. The largest absolute Gasteiger partial charge is 0.480 e. The molecule has 0 aliphatic carbocycles. The van der Waals surface area contributed by atoms with E-state index in [1.807, 2.05) is 50.2 Å². The van der Waals surface area contributed by atoms with Crippen LogP contribution in [0.3, 0.4) is 0 Å². The molecule has 4 aromatic rings. The van der Waals surface area contributed by atoms with Gasteiger partial charge < -0.3 is 20.9 Å². The van der Waals surface area contributed by atoms with E-state index in [0.29, 0.717) is 55.7 Å². The number of aromatic nitrogens is 4. The molecule has 186 valence electrons. The summed E-state index contributed by atoms with van der Waals surface area (Å²) in [6, 6.07) is 10.6. The van der Waals surface area contributed by atoms with E-state index in [2.05, 4.69) is 19.9 Å². The predicted molar refractivity (Wildman–Crippen MR) is 142 cm³/mol. The van der Waals surface area contributed by atoms with Gasteiger partial charge in [0.2, 0.25) is 11.8 Å². The van der Waals surface area contributed by atoms with Gasteiger partial charge in [-0.2, -0.15) is 0 Å². The molecule has 0 radical (unpaired) electrons. The summed E-state index contributed by atoms with van der Waals surface area (Å²) in [5.41, 5.74) is 17.0. The summed E-state index contributed by atoms with van der Waals surface area (Å²) >= 11 is 13.8. The van der Waals surface area contributed by atoms with Gasteiger partial charge in [-0.15, -0.1) is 0 Å². The molecule has 0 bridgehead atoms. The molecule has 0 saturated heterocycles. The number of rotatable bonds is 7. The van der Waals surface area contributed by atoms with Crippen molar-refractivity contribution in [2.24, 2.45) is 11.5 Å². The van der Waals surface area contributed by atoms with Crippen LogP contribution in [0.1, 0.15) is 37.3 Å². The number of benzene rings is 2. The third kappa shape index (κ3) is 4.85. The van der Waals surface area contributed by atoms with Gasteiger partial charge in [0.25, 0.3) is 0 Å². The molecule has 4 rings (SSSR count). The van der Waals surface area contributed by atoms with Gasteiger partial charge in [0, 0.05) is 34.3 Å². The van der Waals surface area contributed by atoms with E-state index in [9.17, 15) is 0 Å². The maximum absolute atomic E-state index is 6.90. The van der Waals surface area contributed by atoms with Gasteiger partial charge >= 0.3 is 0 Å². The second kappa shape index (κ2) is 10.8. The fraction of sp³-hybridized carbons (Fsp3) is 0.231. The molecule has 2 aromatic carbocycles. The summed E-state index contributed by atoms with van der Waals surface area (Å²) in [6.07, 6.45) is 3.26. The molecule has 0 aliphatic heterocycles. The Morgan fingerprint density at radius 3 is 1.36 bits per heavy atom. The Morgan fingerprint density at radius 1 is 0.667 bits per heavy atom. The second-order valence-corrected chi connectivity index (χ2v) is 8.97. The summed E-state index contributed by atoms with van der Waals surface area (Å²) in [5, 5.41) is 0.940. The van der Waals surface area contributed by atoms with Crippen molar-refractivity contribution in [2.45, 2.75) is 25.9 Å². The van der Waals surface area contributed by atoms with Crippen molar-refractivity contribution in [3.8, 4) is 45.4 Å². The third-order valence-electron chi connectivity index (χ3n) is 5.62. The zero-order chi connectivity index (χ0) is 26.0. The normalized spacial score (nSPS) is 12.8. The first-order chi connectivity index (χ1) is 17.3. The lowest BCUT2D eigenvalue weighted by Gasteiger charge is -2.15. The minimum atomic E-state index is -0.325. The molecule has 10 heteroatoms. The fourth-order valence-corrected chi connectivity index (χ4v) is 4.47. The van der Waals surface area contributed by atoms with E-state index in [1.54, 1.807) is 12.4 Å². The van der Waals surface area contributed by atoms with Crippen LogP contribution in [0.25, 0.3) is 33.6 Å². The van der Waals surface area contributed by atoms with Crippen molar-refractivity contribution in [2.75, 3.05) is 14.2 Å². The topological polar surface area (TPSA) is 122 Å². The standard InChI is InChI=1S/C26H26Cl2N6O2/c1-13(29)23-25(35-3)33-19(11-31-23)17-9-5-7-15(21(17)27)16-8-6-10-18(22(16)28)20-12-32-24(14(2)30)26(34-20)36-4/h5-14H,29-30H2,1-4H3/t13-,14-/m1/s1. The van der Waals surface area contributed by atoms with Crippen molar-refractivity contribution in [1.82, 2.24) is 19.9 Å². The van der Waals surface area contributed by atoms with Crippen LogP contribution >= 0.6 is 23.2 Å². The number of nitrogens with two attached hydrogens (primary N) is 2. The summed E-state index contributed by atoms with van der Waals surface area (Å²) in [5.74, 6) is 0.707. The Labute approximate surface area is 219 Å². The Morgan fingerprint density at radius 2 is 1.03 bits per heavy atom. The SMILES string of the molecule is COc1nc(-c2cccc(-c3cccc(-c4cnc([C@@H](C)N)c(OC)n4)c3Cl)c2Cl)cnc1[C@@H](C)N. The molecule has 2 atom stereocenters. The zero-order valence-corrected chi connectivity index (χ0v) is 21.8. The molecule has 4 N–H and O–H groups in total. The lowest BCUT2D eigenvalue weighted by molar-refractivity contribution is 0.386. The van der Waals surface area contributed by atoms with Crippen LogP contribution in [-0.2, 0) is 0 Å². The van der Waals surface area contributed by atoms with Gasteiger partial charge in [-0.3, -0.25) is 9.97 Å². The Bertz CT molecular complexity index is 1300. The average molecular weight is 525 g/mol. The lowest BCUT2D eigenvalue weighted by atomic mass is 9.98. The first kappa shape index (κ1) is 25.8. The molecule has 8 nitrogen and oxygen atoms in total. The molecule has 0 aliphatic rings. The van der Waals surface area contributed by atoms with Gasteiger partial charge in [-0.1, -0.05) is 59.6 Å². The highest BCUT2D eigenvalue weighted by Gasteiger charge is 2.20. The highest BCUT2D eigenvalue weighted by atomic mass is 35.5. The summed E-state index contributed by atoms with van der Waals surface area (Å²) < 4.78 is 10.8. The van der Waals surface area contributed by atoms with Gasteiger partial charge in [0.15, 0.2) is 0 Å². The van der Waals surface area contributed by atoms with Crippen molar-refractivity contribution in [3.05, 3.63) is 70.2 Å². The predicted octanol–water partition coefficient (Wildman–Crippen LogP) is 5.63.